The van der Waals surface area contributed by atoms with E-state index in [0.717, 1.165) is 24.5 Å². The van der Waals surface area contributed by atoms with Crippen LogP contribution in [0.1, 0.15) is 47.2 Å². The zero-order valence-electron chi connectivity index (χ0n) is 15.2. The van der Waals surface area contributed by atoms with E-state index in [-0.39, 0.29) is 17.7 Å². The Morgan fingerprint density at radius 2 is 2.30 bits per heavy atom. The average molecular weight is 385 g/mol. The van der Waals surface area contributed by atoms with Gasteiger partial charge in [-0.15, -0.1) is 11.3 Å². The quantitative estimate of drug-likeness (QED) is 0.811. The summed E-state index contributed by atoms with van der Waals surface area (Å²) in [6.45, 7) is 2.64. The number of thiazole rings is 1. The summed E-state index contributed by atoms with van der Waals surface area (Å²) < 4.78 is 5.31. The Hall–Kier alpha value is -2.15. The SMILES string of the molecule is O=C(c1ccco1)N1C[C@@H](c2nccs2)[C@]2(CCN(CC3CCC3)C2=O)C1. The van der Waals surface area contributed by atoms with Gasteiger partial charge >= 0.3 is 0 Å². The highest BCUT2D eigenvalue weighted by Gasteiger charge is 2.59. The van der Waals surface area contributed by atoms with Gasteiger partial charge in [-0.2, -0.15) is 0 Å². The summed E-state index contributed by atoms with van der Waals surface area (Å²) >= 11 is 1.58. The normalized spacial score (nSPS) is 28.3. The molecule has 0 unspecified atom stereocenters. The van der Waals surface area contributed by atoms with E-state index < -0.39 is 5.41 Å². The first-order chi connectivity index (χ1) is 13.2. The van der Waals surface area contributed by atoms with Gasteiger partial charge in [-0.05, 0) is 37.3 Å². The van der Waals surface area contributed by atoms with Gasteiger partial charge in [0, 0.05) is 43.7 Å². The second-order valence-electron chi connectivity index (χ2n) is 8.04. The van der Waals surface area contributed by atoms with Crippen LogP contribution in [0.2, 0.25) is 0 Å². The highest BCUT2D eigenvalue weighted by Crippen LogP contribution is 2.51. The molecule has 3 fully saturated rings. The van der Waals surface area contributed by atoms with Crippen molar-refractivity contribution in [1.82, 2.24) is 14.8 Å². The second kappa shape index (κ2) is 6.48. The number of amides is 2. The summed E-state index contributed by atoms with van der Waals surface area (Å²) in [7, 11) is 0. The molecular formula is C20H23N3O3S. The minimum atomic E-state index is -0.538. The zero-order valence-corrected chi connectivity index (χ0v) is 16.0. The molecule has 5 rings (SSSR count). The van der Waals surface area contributed by atoms with Gasteiger partial charge in [0.25, 0.3) is 5.91 Å². The lowest BCUT2D eigenvalue weighted by molar-refractivity contribution is -0.136. The fourth-order valence-electron chi connectivity index (χ4n) is 4.83. The van der Waals surface area contributed by atoms with Gasteiger partial charge in [0.2, 0.25) is 5.91 Å². The van der Waals surface area contributed by atoms with Crippen molar-refractivity contribution in [3.05, 3.63) is 40.7 Å². The molecular weight excluding hydrogens is 362 g/mol. The molecule has 2 aromatic rings. The molecule has 7 heteroatoms. The van der Waals surface area contributed by atoms with Crippen molar-refractivity contribution in [2.45, 2.75) is 31.6 Å². The maximum atomic E-state index is 13.5. The molecule has 1 aliphatic carbocycles. The maximum absolute atomic E-state index is 13.5. The summed E-state index contributed by atoms with van der Waals surface area (Å²) in [6.07, 6.45) is 7.84. The third kappa shape index (κ3) is 2.71. The molecule has 0 bridgehead atoms. The van der Waals surface area contributed by atoms with Gasteiger partial charge in [-0.3, -0.25) is 9.59 Å². The monoisotopic (exact) mass is 385 g/mol. The molecule has 4 heterocycles. The number of furan rings is 1. The number of rotatable bonds is 4. The second-order valence-corrected chi connectivity index (χ2v) is 8.97. The van der Waals surface area contributed by atoms with E-state index >= 15 is 0 Å². The van der Waals surface area contributed by atoms with Crippen molar-refractivity contribution in [1.29, 1.82) is 0 Å². The fraction of sp³-hybridized carbons (Fsp3) is 0.550. The molecule has 0 aromatic carbocycles. The largest absolute Gasteiger partial charge is 0.459 e. The Balaban J connectivity index is 1.43. The van der Waals surface area contributed by atoms with E-state index in [4.69, 9.17) is 4.42 Å². The van der Waals surface area contributed by atoms with Gasteiger partial charge in [0.1, 0.15) is 0 Å². The number of aromatic nitrogens is 1. The Morgan fingerprint density at radius 1 is 1.41 bits per heavy atom. The van der Waals surface area contributed by atoms with Gasteiger partial charge in [-0.1, -0.05) is 6.42 Å². The number of nitrogens with zero attached hydrogens (tertiary/aromatic N) is 3. The number of hydrogen-bond acceptors (Lipinski definition) is 5. The first-order valence-corrected chi connectivity index (χ1v) is 10.6. The summed E-state index contributed by atoms with van der Waals surface area (Å²) in [5, 5.41) is 2.91. The molecule has 1 saturated carbocycles. The summed E-state index contributed by atoms with van der Waals surface area (Å²) in [6, 6.07) is 3.41. The van der Waals surface area contributed by atoms with Crippen LogP contribution in [0.25, 0.3) is 0 Å². The van der Waals surface area contributed by atoms with Crippen molar-refractivity contribution in [2.24, 2.45) is 11.3 Å². The zero-order chi connectivity index (χ0) is 18.4. The van der Waals surface area contributed by atoms with Crippen molar-refractivity contribution >= 4 is 23.2 Å². The van der Waals surface area contributed by atoms with Crippen LogP contribution in [0.3, 0.4) is 0 Å². The van der Waals surface area contributed by atoms with Crippen molar-refractivity contribution in [3.8, 4) is 0 Å². The fourth-order valence-corrected chi connectivity index (χ4v) is 5.68. The molecule has 2 aliphatic heterocycles. The Labute approximate surface area is 162 Å². The standard InChI is InChI=1S/C20H23N3O3S/c24-18(16-5-2-9-26-16)23-12-15(17-21-7-10-27-17)20(13-23)6-8-22(19(20)25)11-14-3-1-4-14/h2,5,7,9-10,14-15H,1,3-4,6,8,11-13H2/t15-,20-/m0/s1. The first-order valence-electron chi connectivity index (χ1n) is 9.69. The van der Waals surface area contributed by atoms with Crippen LogP contribution in [0.15, 0.2) is 34.4 Å². The molecule has 2 aromatic heterocycles. The molecule has 0 N–H and O–H groups in total. The Bertz CT molecular complexity index is 831. The Kier molecular flexibility index (Phi) is 4.07. The molecule has 142 valence electrons. The van der Waals surface area contributed by atoms with Gasteiger partial charge in [0.05, 0.1) is 16.7 Å². The molecule has 2 atom stereocenters. The van der Waals surface area contributed by atoms with Crippen LogP contribution in [0, 0.1) is 11.3 Å². The van der Waals surface area contributed by atoms with E-state index in [0.29, 0.717) is 24.8 Å². The van der Waals surface area contributed by atoms with Crippen LogP contribution in [-0.4, -0.2) is 52.8 Å². The van der Waals surface area contributed by atoms with E-state index in [2.05, 4.69) is 4.98 Å². The molecule has 27 heavy (non-hydrogen) atoms. The molecule has 6 nitrogen and oxygen atoms in total. The van der Waals surface area contributed by atoms with Crippen LogP contribution < -0.4 is 0 Å². The molecule has 3 aliphatic rings. The topological polar surface area (TPSA) is 66.7 Å². The molecule has 0 radical (unpaired) electrons. The lowest BCUT2D eigenvalue weighted by Gasteiger charge is -2.32. The smallest absolute Gasteiger partial charge is 0.289 e. The molecule has 2 amide bonds. The average Bonchev–Trinajstić information content (AvgIpc) is 3.42. The Morgan fingerprint density at radius 3 is 2.96 bits per heavy atom. The van der Waals surface area contributed by atoms with E-state index in [1.165, 1.54) is 25.5 Å². The third-order valence-electron chi connectivity index (χ3n) is 6.56. The highest BCUT2D eigenvalue weighted by atomic mass is 32.1. The summed E-state index contributed by atoms with van der Waals surface area (Å²) in [5.41, 5.74) is -0.538. The van der Waals surface area contributed by atoms with E-state index in [9.17, 15) is 9.59 Å². The van der Waals surface area contributed by atoms with Crippen molar-refractivity contribution in [3.63, 3.8) is 0 Å². The minimum Gasteiger partial charge on any atom is -0.459 e. The number of likely N-dealkylation sites (tertiary alicyclic amines) is 2. The summed E-state index contributed by atoms with van der Waals surface area (Å²) in [4.78, 5) is 34.7. The van der Waals surface area contributed by atoms with Crippen molar-refractivity contribution in [2.75, 3.05) is 26.2 Å². The van der Waals surface area contributed by atoms with E-state index in [1.54, 1.807) is 34.6 Å². The van der Waals surface area contributed by atoms with Crippen molar-refractivity contribution < 1.29 is 14.0 Å². The van der Waals surface area contributed by atoms with Gasteiger partial charge in [0.15, 0.2) is 5.76 Å². The number of carbonyl (C=O) groups excluding carboxylic acids is 2. The van der Waals surface area contributed by atoms with Crippen LogP contribution in [-0.2, 0) is 4.79 Å². The van der Waals surface area contributed by atoms with Gasteiger partial charge in [-0.25, -0.2) is 4.98 Å². The first kappa shape index (κ1) is 17.0. The van der Waals surface area contributed by atoms with Crippen LogP contribution in [0.4, 0.5) is 0 Å². The van der Waals surface area contributed by atoms with E-state index in [1.807, 2.05) is 10.3 Å². The van der Waals surface area contributed by atoms with Gasteiger partial charge < -0.3 is 14.2 Å². The predicted octanol–water partition coefficient (Wildman–Crippen LogP) is 2.99. The van der Waals surface area contributed by atoms with Crippen LogP contribution >= 0.6 is 11.3 Å². The number of carbonyl (C=O) groups is 2. The molecule has 2 saturated heterocycles. The summed E-state index contributed by atoms with van der Waals surface area (Å²) in [5.74, 6) is 1.04. The highest BCUT2D eigenvalue weighted by molar-refractivity contribution is 7.09. The lowest BCUT2D eigenvalue weighted by atomic mass is 9.76. The maximum Gasteiger partial charge on any atom is 0.289 e. The van der Waals surface area contributed by atoms with Crippen LogP contribution in [0.5, 0.6) is 0 Å². The third-order valence-corrected chi connectivity index (χ3v) is 7.45. The minimum absolute atomic E-state index is 0.0321. The predicted molar refractivity (Wildman–Crippen MR) is 100 cm³/mol. The number of hydrogen-bond donors (Lipinski definition) is 0. The molecule has 1 spiro atoms. The lowest BCUT2D eigenvalue weighted by Crippen LogP contribution is -2.42.